The van der Waals surface area contributed by atoms with E-state index in [0.717, 1.165) is 44.0 Å². The van der Waals surface area contributed by atoms with Crippen LogP contribution in [0.3, 0.4) is 0 Å². The van der Waals surface area contributed by atoms with Gasteiger partial charge in [0.1, 0.15) is 0 Å². The van der Waals surface area contributed by atoms with E-state index >= 15 is 0 Å². The fourth-order valence-corrected chi connectivity index (χ4v) is 4.15. The molecule has 0 saturated heterocycles. The van der Waals surface area contributed by atoms with E-state index in [2.05, 4.69) is 21.4 Å². The summed E-state index contributed by atoms with van der Waals surface area (Å²) in [7, 11) is 0. The van der Waals surface area contributed by atoms with Gasteiger partial charge in [0.15, 0.2) is 5.13 Å². The van der Waals surface area contributed by atoms with Crippen LogP contribution in [0.2, 0.25) is 0 Å². The van der Waals surface area contributed by atoms with E-state index in [4.69, 9.17) is 5.73 Å². The van der Waals surface area contributed by atoms with Gasteiger partial charge in [0.05, 0.1) is 10.4 Å². The van der Waals surface area contributed by atoms with Gasteiger partial charge in [0.25, 0.3) is 0 Å². The Balaban J connectivity index is 1.39. The van der Waals surface area contributed by atoms with Crippen molar-refractivity contribution < 1.29 is 13.2 Å². The third kappa shape index (κ3) is 4.86. The van der Waals surface area contributed by atoms with Gasteiger partial charge in [-0.1, -0.05) is 42.5 Å². The highest BCUT2D eigenvalue weighted by Crippen LogP contribution is 2.32. The summed E-state index contributed by atoms with van der Waals surface area (Å²) in [5.41, 5.74) is 7.48. The van der Waals surface area contributed by atoms with E-state index < -0.39 is 11.7 Å². The number of pyridine rings is 1. The predicted molar refractivity (Wildman–Crippen MR) is 119 cm³/mol. The van der Waals surface area contributed by atoms with Crippen LogP contribution >= 0.6 is 11.3 Å². The molecule has 0 saturated carbocycles. The molecule has 0 aliphatic rings. The molecule has 0 amide bonds. The maximum atomic E-state index is 12.7. The Morgan fingerprint density at radius 1 is 1.03 bits per heavy atom. The average molecular weight is 443 g/mol. The van der Waals surface area contributed by atoms with Gasteiger partial charge in [0.2, 0.25) is 0 Å². The van der Waals surface area contributed by atoms with Gasteiger partial charge >= 0.3 is 6.18 Å². The molecule has 2 heterocycles. The van der Waals surface area contributed by atoms with Crippen molar-refractivity contribution in [3.63, 3.8) is 0 Å². The van der Waals surface area contributed by atoms with Crippen molar-refractivity contribution in [3.8, 4) is 10.4 Å². The highest BCUT2D eigenvalue weighted by Gasteiger charge is 2.30. The number of nitrogens with two attached hydrogens (primary N) is 1. The van der Waals surface area contributed by atoms with Crippen LogP contribution in [0.5, 0.6) is 0 Å². The largest absolute Gasteiger partial charge is 0.416 e. The van der Waals surface area contributed by atoms with Gasteiger partial charge in [-0.15, -0.1) is 0 Å². The maximum absolute atomic E-state index is 12.7. The Bertz CT molecular complexity index is 1170. The molecule has 31 heavy (non-hydrogen) atoms. The number of halogens is 3. The molecule has 0 unspecified atom stereocenters. The first-order chi connectivity index (χ1) is 14.8. The summed E-state index contributed by atoms with van der Waals surface area (Å²) in [5, 5.41) is 6.19. The minimum absolute atomic E-state index is 0.108. The van der Waals surface area contributed by atoms with E-state index in [-0.39, 0.29) is 12.0 Å². The Morgan fingerprint density at radius 2 is 1.81 bits per heavy atom. The first-order valence-corrected chi connectivity index (χ1v) is 10.6. The smallest absolute Gasteiger partial charge is 0.360 e. The number of anilines is 1. The highest BCUT2D eigenvalue weighted by atomic mass is 32.1. The Labute approximate surface area is 182 Å². The van der Waals surface area contributed by atoms with Crippen LogP contribution in [0, 0.1) is 0 Å². The van der Waals surface area contributed by atoms with E-state index in [1.807, 2.05) is 37.5 Å². The molecule has 2 aromatic carbocycles. The number of fused-ring (bicyclic) bond motifs is 1. The molecule has 2 atom stereocenters. The monoisotopic (exact) mass is 442 g/mol. The fourth-order valence-electron chi connectivity index (χ4n) is 3.33. The normalized spacial score (nSPS) is 13.8. The molecule has 0 aliphatic heterocycles. The molecule has 3 N–H and O–H groups in total. The lowest BCUT2D eigenvalue weighted by Crippen LogP contribution is -2.34. The van der Waals surface area contributed by atoms with Crippen molar-refractivity contribution in [3.05, 3.63) is 78.2 Å². The van der Waals surface area contributed by atoms with Crippen molar-refractivity contribution in [1.29, 1.82) is 0 Å². The topological polar surface area (TPSA) is 63.8 Å². The lowest BCUT2D eigenvalue weighted by atomic mass is 9.93. The number of nitrogens with zero attached hydrogens (tertiary/aromatic N) is 2. The zero-order chi connectivity index (χ0) is 22.0. The number of nitrogens with one attached hydrogen (secondary N) is 1. The molecule has 0 fully saturated rings. The summed E-state index contributed by atoms with van der Waals surface area (Å²) < 4.78 is 38.2. The minimum atomic E-state index is -4.34. The van der Waals surface area contributed by atoms with Crippen molar-refractivity contribution in [2.45, 2.75) is 25.1 Å². The quantitative estimate of drug-likeness (QED) is 0.389. The van der Waals surface area contributed by atoms with Crippen LogP contribution in [-0.2, 0) is 6.18 Å². The molecular weight excluding hydrogens is 421 g/mol. The van der Waals surface area contributed by atoms with Crippen molar-refractivity contribution >= 4 is 27.2 Å². The summed E-state index contributed by atoms with van der Waals surface area (Å²) in [6.07, 6.45) is 1.08. The Hall–Kier alpha value is -2.97. The number of aromatic nitrogens is 2. The highest BCUT2D eigenvalue weighted by molar-refractivity contribution is 7.18. The first-order valence-electron chi connectivity index (χ1n) is 9.78. The van der Waals surface area contributed by atoms with Crippen molar-refractivity contribution in [2.24, 2.45) is 5.73 Å². The predicted octanol–water partition coefficient (Wildman–Crippen LogP) is 5.92. The second-order valence-electron chi connectivity index (χ2n) is 7.42. The van der Waals surface area contributed by atoms with Crippen LogP contribution in [0.25, 0.3) is 21.2 Å². The minimum Gasteiger partial charge on any atom is -0.360 e. The summed E-state index contributed by atoms with van der Waals surface area (Å²) >= 11 is 1.53. The fraction of sp³-hybridized carbons (Fsp3) is 0.217. The molecule has 160 valence electrons. The van der Waals surface area contributed by atoms with Crippen LogP contribution in [0.1, 0.15) is 24.0 Å². The van der Waals surface area contributed by atoms with Gasteiger partial charge in [-0.2, -0.15) is 13.2 Å². The molecule has 0 aliphatic carbocycles. The van der Waals surface area contributed by atoms with E-state index in [0.29, 0.717) is 6.54 Å². The number of benzene rings is 2. The Kier molecular flexibility index (Phi) is 5.93. The van der Waals surface area contributed by atoms with E-state index in [1.165, 1.54) is 23.5 Å². The zero-order valence-corrected chi connectivity index (χ0v) is 17.5. The molecule has 4 rings (SSSR count). The van der Waals surface area contributed by atoms with Gasteiger partial charge < -0.3 is 11.1 Å². The van der Waals surface area contributed by atoms with Crippen LogP contribution in [0.4, 0.5) is 18.3 Å². The molecule has 0 spiro atoms. The maximum Gasteiger partial charge on any atom is 0.416 e. The van der Waals surface area contributed by atoms with Gasteiger partial charge in [-0.3, -0.25) is 4.98 Å². The molecule has 4 aromatic rings. The second-order valence-corrected chi connectivity index (χ2v) is 8.45. The molecule has 8 heteroatoms. The van der Waals surface area contributed by atoms with Gasteiger partial charge in [-0.05, 0) is 46.7 Å². The van der Waals surface area contributed by atoms with Crippen molar-refractivity contribution in [1.82, 2.24) is 9.97 Å². The lowest BCUT2D eigenvalue weighted by Gasteiger charge is -2.21. The number of rotatable bonds is 6. The molecule has 0 bridgehead atoms. The standard InChI is InChI=1S/C23H21F3N4S/c1-14(15-4-6-19(7-5-15)23(24,25)26)20(27)12-29-22-30-13-21(31-22)17-2-3-18-11-28-9-8-16(18)10-17/h2-11,13-14,20H,12,27H2,1H3,(H,29,30)/t14-,20+/m0/s1. The summed E-state index contributed by atoms with van der Waals surface area (Å²) in [6.45, 7) is 2.37. The SMILES string of the molecule is C[C@@H](c1ccc(C(F)(F)F)cc1)[C@H](N)CNc1ncc(-c2ccc3cnccc3c2)s1. The average Bonchev–Trinajstić information content (AvgIpc) is 3.25. The number of alkyl halides is 3. The molecular formula is C23H21F3N4S. The third-order valence-corrected chi connectivity index (χ3v) is 6.33. The van der Waals surface area contributed by atoms with Crippen LogP contribution in [-0.4, -0.2) is 22.6 Å². The van der Waals surface area contributed by atoms with Crippen LogP contribution < -0.4 is 11.1 Å². The summed E-state index contributed by atoms with van der Waals surface area (Å²) in [4.78, 5) is 9.59. The second kappa shape index (κ2) is 8.64. The van der Waals surface area contributed by atoms with E-state index in [9.17, 15) is 13.2 Å². The van der Waals surface area contributed by atoms with Gasteiger partial charge in [0, 0.05) is 36.6 Å². The van der Waals surface area contributed by atoms with E-state index in [1.54, 1.807) is 6.20 Å². The third-order valence-electron chi connectivity index (χ3n) is 5.33. The van der Waals surface area contributed by atoms with Crippen LogP contribution in [0.15, 0.2) is 67.1 Å². The molecule has 2 aromatic heterocycles. The lowest BCUT2D eigenvalue weighted by molar-refractivity contribution is -0.137. The summed E-state index contributed by atoms with van der Waals surface area (Å²) in [5.74, 6) is -0.108. The zero-order valence-electron chi connectivity index (χ0n) is 16.7. The Morgan fingerprint density at radius 3 is 2.55 bits per heavy atom. The van der Waals surface area contributed by atoms with Gasteiger partial charge in [-0.25, -0.2) is 4.98 Å². The number of hydrogen-bond donors (Lipinski definition) is 2. The number of thiazole rings is 1. The molecule has 4 nitrogen and oxygen atoms in total. The molecule has 0 radical (unpaired) electrons. The summed E-state index contributed by atoms with van der Waals surface area (Å²) in [6, 6.07) is 13.0. The number of hydrogen-bond acceptors (Lipinski definition) is 5. The van der Waals surface area contributed by atoms with Crippen molar-refractivity contribution in [2.75, 3.05) is 11.9 Å². The first kappa shape index (κ1) is 21.3.